The van der Waals surface area contributed by atoms with Gasteiger partial charge < -0.3 is 16.0 Å². The minimum Gasteiger partial charge on any atom is -0.355 e. The van der Waals surface area contributed by atoms with E-state index in [9.17, 15) is 19.2 Å². The Morgan fingerprint density at radius 2 is 1.12 bits per heavy atom. The van der Waals surface area contributed by atoms with Crippen LogP contribution in [0, 0.1) is 35.5 Å². The molecule has 0 spiro atoms. The zero-order valence-electron chi connectivity index (χ0n) is 23.8. The average molecular weight is 542 g/mol. The third-order valence-electron chi connectivity index (χ3n) is 6.26. The quantitative estimate of drug-likeness (QED) is 0.264. The summed E-state index contributed by atoms with van der Waals surface area (Å²) in [4.78, 5) is 49.3. The van der Waals surface area contributed by atoms with Crippen molar-refractivity contribution in [3.8, 4) is 23.7 Å². The molecule has 2 rings (SSSR count). The molecule has 40 heavy (non-hydrogen) atoms. The Hall–Kier alpha value is -4.36. The molecule has 2 aromatic carbocycles. The minimum atomic E-state index is -0.340. The topological polar surface area (TPSA) is 104 Å². The van der Waals surface area contributed by atoms with E-state index in [0.29, 0.717) is 0 Å². The van der Waals surface area contributed by atoms with Crippen molar-refractivity contribution in [1.29, 1.82) is 0 Å². The summed E-state index contributed by atoms with van der Waals surface area (Å²) in [6.07, 6.45) is 0.117. The van der Waals surface area contributed by atoms with E-state index in [-0.39, 0.29) is 79.7 Å². The van der Waals surface area contributed by atoms with Gasteiger partial charge in [0.2, 0.25) is 17.7 Å². The molecule has 0 saturated heterocycles. The predicted octanol–water partition coefficient (Wildman–Crippen LogP) is 3.92. The smallest absolute Gasteiger partial charge is 0.233 e. The summed E-state index contributed by atoms with van der Waals surface area (Å²) in [5.74, 6) is 9.46. The number of carbonyl (C=O) groups is 4. The van der Waals surface area contributed by atoms with Gasteiger partial charge in [-0.1, -0.05) is 100 Å². The monoisotopic (exact) mass is 541 g/mol. The molecule has 0 radical (unpaired) electrons. The van der Waals surface area contributed by atoms with Crippen LogP contribution < -0.4 is 16.0 Å². The molecule has 3 N–H and O–H groups in total. The molecule has 7 heteroatoms. The van der Waals surface area contributed by atoms with Crippen LogP contribution in [0.1, 0.15) is 69.9 Å². The summed E-state index contributed by atoms with van der Waals surface area (Å²) in [6.45, 7) is 8.25. The molecule has 7 nitrogen and oxygen atoms in total. The Morgan fingerprint density at radius 3 is 1.62 bits per heavy atom. The molecule has 2 unspecified atom stereocenters. The van der Waals surface area contributed by atoms with Gasteiger partial charge in [-0.2, -0.15) is 0 Å². The van der Waals surface area contributed by atoms with E-state index in [4.69, 9.17) is 0 Å². The number of ketones is 1. The van der Waals surface area contributed by atoms with Crippen LogP contribution >= 0.6 is 0 Å². The number of rotatable bonds is 13. The highest BCUT2D eigenvalue weighted by Crippen LogP contribution is 2.26. The highest BCUT2D eigenvalue weighted by Gasteiger charge is 2.24. The van der Waals surface area contributed by atoms with Crippen molar-refractivity contribution in [1.82, 2.24) is 16.0 Å². The lowest BCUT2D eigenvalue weighted by atomic mass is 9.84. The number of amides is 3. The molecule has 3 amide bonds. The maximum atomic E-state index is 12.7. The zero-order chi connectivity index (χ0) is 29.3. The lowest BCUT2D eigenvalue weighted by Crippen LogP contribution is -2.40. The van der Waals surface area contributed by atoms with E-state index in [0.717, 1.165) is 11.1 Å². The summed E-state index contributed by atoms with van der Waals surface area (Å²) >= 11 is 0. The number of hydrogen-bond donors (Lipinski definition) is 3. The van der Waals surface area contributed by atoms with Crippen LogP contribution in [-0.4, -0.2) is 36.7 Å². The lowest BCUT2D eigenvalue weighted by Gasteiger charge is -2.20. The first-order chi connectivity index (χ1) is 19.2. The first-order valence-electron chi connectivity index (χ1n) is 13.6. The molecule has 0 saturated carbocycles. The Balaban J connectivity index is 1.66. The van der Waals surface area contributed by atoms with E-state index in [1.54, 1.807) is 0 Å². The highest BCUT2D eigenvalue weighted by molar-refractivity contribution is 5.87. The van der Waals surface area contributed by atoms with E-state index < -0.39 is 0 Å². The number of nitrogens with one attached hydrogen (secondary N) is 3. The summed E-state index contributed by atoms with van der Waals surface area (Å²) in [5, 5.41) is 8.08. The molecule has 0 fully saturated rings. The number of hydrogen-bond acceptors (Lipinski definition) is 4. The van der Waals surface area contributed by atoms with Gasteiger partial charge in [-0.15, -0.1) is 0 Å². The van der Waals surface area contributed by atoms with Gasteiger partial charge >= 0.3 is 0 Å². The summed E-state index contributed by atoms with van der Waals surface area (Å²) in [7, 11) is 0. The Bertz CT molecular complexity index is 1150. The Morgan fingerprint density at radius 1 is 0.650 bits per heavy atom. The maximum Gasteiger partial charge on any atom is 0.233 e. The third kappa shape index (κ3) is 11.2. The van der Waals surface area contributed by atoms with Crippen LogP contribution in [0.2, 0.25) is 0 Å². The van der Waals surface area contributed by atoms with Crippen molar-refractivity contribution in [2.24, 2.45) is 11.8 Å². The van der Waals surface area contributed by atoms with E-state index >= 15 is 0 Å². The first kappa shape index (κ1) is 31.9. The van der Waals surface area contributed by atoms with Crippen molar-refractivity contribution in [3.05, 3.63) is 71.8 Å². The molecule has 0 aromatic heterocycles. The van der Waals surface area contributed by atoms with Crippen molar-refractivity contribution in [2.75, 3.05) is 13.2 Å². The van der Waals surface area contributed by atoms with Crippen molar-refractivity contribution in [3.63, 3.8) is 0 Å². The molecular formula is C33H39N3O4. The van der Waals surface area contributed by atoms with Crippen molar-refractivity contribution < 1.29 is 19.2 Å². The fraction of sp³-hybridized carbons (Fsp3) is 0.394. The van der Waals surface area contributed by atoms with Gasteiger partial charge in [0.05, 0.1) is 25.4 Å². The van der Waals surface area contributed by atoms with Crippen molar-refractivity contribution in [2.45, 2.75) is 58.8 Å². The molecule has 0 heterocycles. The van der Waals surface area contributed by atoms with Crippen LogP contribution in [0.25, 0.3) is 0 Å². The van der Waals surface area contributed by atoms with Crippen molar-refractivity contribution >= 4 is 23.5 Å². The molecular weight excluding hydrogens is 502 g/mol. The number of carbonyl (C=O) groups excluding carboxylic acids is 4. The Labute approximate surface area is 237 Å². The summed E-state index contributed by atoms with van der Waals surface area (Å²) < 4.78 is 0. The fourth-order valence-corrected chi connectivity index (χ4v) is 4.39. The summed E-state index contributed by atoms with van der Waals surface area (Å²) in [5.41, 5.74) is 1.91. The van der Waals surface area contributed by atoms with Crippen LogP contribution in [0.5, 0.6) is 0 Å². The van der Waals surface area contributed by atoms with Crippen LogP contribution in [0.15, 0.2) is 60.7 Å². The fourth-order valence-electron chi connectivity index (χ4n) is 4.39. The molecule has 2 aromatic rings. The first-order valence-corrected chi connectivity index (χ1v) is 13.6. The molecule has 0 bridgehead atoms. The molecule has 210 valence electrons. The molecule has 0 aliphatic carbocycles. The Kier molecular flexibility index (Phi) is 13.8. The number of Topliss-reactive ketones (excluding diaryl/α,β-unsaturated/α-hetero) is 1. The van der Waals surface area contributed by atoms with E-state index in [2.05, 4.69) is 39.6 Å². The molecule has 0 aliphatic heterocycles. The van der Waals surface area contributed by atoms with Gasteiger partial charge in [-0.3, -0.25) is 19.2 Å². The van der Waals surface area contributed by atoms with Gasteiger partial charge in [0, 0.05) is 18.9 Å². The van der Waals surface area contributed by atoms with Crippen LogP contribution in [0.3, 0.4) is 0 Å². The predicted molar refractivity (Wildman–Crippen MR) is 157 cm³/mol. The molecule has 2 atom stereocenters. The van der Waals surface area contributed by atoms with E-state index in [1.165, 1.54) is 0 Å². The third-order valence-corrected chi connectivity index (χ3v) is 6.26. The maximum absolute atomic E-state index is 12.7. The number of benzene rings is 2. The van der Waals surface area contributed by atoms with Gasteiger partial charge in [-0.05, 0) is 34.8 Å². The lowest BCUT2D eigenvalue weighted by molar-refractivity contribution is -0.125. The largest absolute Gasteiger partial charge is 0.355 e. The second-order valence-electron chi connectivity index (χ2n) is 10.1. The second kappa shape index (κ2) is 17.3. The second-order valence-corrected chi connectivity index (χ2v) is 10.1. The van der Waals surface area contributed by atoms with Gasteiger partial charge in [0.25, 0.3) is 0 Å². The van der Waals surface area contributed by atoms with Gasteiger partial charge in [-0.25, -0.2) is 0 Å². The highest BCUT2D eigenvalue weighted by atomic mass is 16.2. The van der Waals surface area contributed by atoms with Crippen LogP contribution in [0.4, 0.5) is 0 Å². The normalized spacial score (nSPS) is 11.8. The average Bonchev–Trinajstić information content (AvgIpc) is 2.91. The summed E-state index contributed by atoms with van der Waals surface area (Å²) in [6, 6.07) is 19.2. The SMILES string of the molecule is CC(C)C(C(=O)CCNC(=O)CC#CC#CCC(=O)NCNC(=O)C(c1ccccc1)C(C)C)c1ccccc1. The van der Waals surface area contributed by atoms with Gasteiger partial charge in [0.1, 0.15) is 5.78 Å². The zero-order valence-corrected chi connectivity index (χ0v) is 23.8. The van der Waals surface area contributed by atoms with E-state index in [1.807, 2.05) is 88.4 Å². The minimum absolute atomic E-state index is 0.00696. The molecule has 0 aliphatic rings. The van der Waals surface area contributed by atoms with Gasteiger partial charge in [0.15, 0.2) is 0 Å². The standard InChI is InChI=1S/C33H39N3O4/c1-24(2)31(26-15-9-7-10-16-26)28(37)21-22-34-29(38)19-13-5-6-14-20-30(39)35-23-36-33(40)32(25(3)4)27-17-11-8-12-18-27/h7-12,15-18,24-25,31-32H,19-23H2,1-4H3,(H,34,38)(H,35,39)(H,36,40). The van der Waals surface area contributed by atoms with Crippen LogP contribution in [-0.2, 0) is 19.2 Å².